The zero-order valence-corrected chi connectivity index (χ0v) is 15.5. The van der Waals surface area contributed by atoms with Crippen LogP contribution in [0, 0.1) is 5.41 Å². The zero-order valence-electron chi connectivity index (χ0n) is 15.5. The van der Waals surface area contributed by atoms with Gasteiger partial charge in [-0.15, -0.1) is 0 Å². The van der Waals surface area contributed by atoms with Crippen LogP contribution < -0.4 is 0 Å². The number of carboxylic acid groups (broad SMARTS) is 4. The predicted octanol–water partition coefficient (Wildman–Crippen LogP) is 3.61. The summed E-state index contributed by atoms with van der Waals surface area (Å²) in [6, 6.07) is 5.48. The molecule has 0 amide bonds. The number of aromatic carboxylic acids is 2. The van der Waals surface area contributed by atoms with Gasteiger partial charge in [-0.2, -0.15) is 0 Å². The quantitative estimate of drug-likeness (QED) is 0.448. The molecule has 27 heavy (non-hydrogen) atoms. The average Bonchev–Trinajstić information content (AvgIpc) is 2.62. The minimum Gasteiger partial charge on any atom is -0.480 e. The lowest BCUT2D eigenvalue weighted by Crippen LogP contribution is -2.39. The van der Waals surface area contributed by atoms with E-state index in [0.717, 1.165) is 12.8 Å². The number of unbranched alkanes of at least 4 members (excludes halogenated alkanes) is 2. The molecule has 1 aromatic carbocycles. The molecule has 0 fully saturated rings. The Morgan fingerprint density at radius 2 is 1.07 bits per heavy atom. The van der Waals surface area contributed by atoms with Crippen LogP contribution >= 0.6 is 0 Å². The average molecular weight is 382 g/mol. The summed E-state index contributed by atoms with van der Waals surface area (Å²) < 4.78 is 0. The maximum absolute atomic E-state index is 11.1. The molecule has 0 spiro atoms. The van der Waals surface area contributed by atoms with Crippen LogP contribution in [0.4, 0.5) is 0 Å². The normalized spacial score (nSPS) is 10.4. The molecule has 0 bridgehead atoms. The number of hydrogen-bond acceptors (Lipinski definition) is 4. The van der Waals surface area contributed by atoms with Crippen LogP contribution in [0.25, 0.3) is 0 Å². The Balaban J connectivity index is 0.000000511. The van der Waals surface area contributed by atoms with Crippen molar-refractivity contribution < 1.29 is 39.6 Å². The molecule has 8 heteroatoms. The maximum atomic E-state index is 11.1. The van der Waals surface area contributed by atoms with Gasteiger partial charge in [0.15, 0.2) is 5.41 Å². The van der Waals surface area contributed by atoms with Crippen LogP contribution in [0.15, 0.2) is 24.3 Å². The van der Waals surface area contributed by atoms with Crippen molar-refractivity contribution in [2.75, 3.05) is 0 Å². The van der Waals surface area contributed by atoms with Crippen LogP contribution in [0.3, 0.4) is 0 Å². The molecule has 0 saturated carbocycles. The van der Waals surface area contributed by atoms with Gasteiger partial charge in [-0.25, -0.2) is 9.59 Å². The van der Waals surface area contributed by atoms with Crippen LogP contribution in [-0.2, 0) is 9.59 Å². The molecular weight excluding hydrogens is 356 g/mol. The Hall–Kier alpha value is -2.90. The van der Waals surface area contributed by atoms with E-state index in [1.54, 1.807) is 0 Å². The van der Waals surface area contributed by atoms with Gasteiger partial charge >= 0.3 is 23.9 Å². The van der Waals surface area contributed by atoms with Gasteiger partial charge < -0.3 is 20.4 Å². The van der Waals surface area contributed by atoms with Gasteiger partial charge in [0, 0.05) is 0 Å². The van der Waals surface area contributed by atoms with Gasteiger partial charge in [0.25, 0.3) is 0 Å². The number of carbonyl (C=O) groups is 4. The van der Waals surface area contributed by atoms with E-state index in [9.17, 15) is 19.2 Å². The van der Waals surface area contributed by atoms with Crippen LogP contribution in [-0.4, -0.2) is 44.3 Å². The molecule has 0 radical (unpaired) electrons. The standard InChI is InChI=1S/C11H20O4.C8H6O4/c1-3-5-7-11(9(12)13,10(14)15)8-6-4-2;9-7(10)5-3-1-2-4-6(5)8(11)12/h3-8H2,1-2H3,(H,12,13)(H,14,15);1-4H,(H,9,10)(H,11,12). The molecule has 0 aliphatic carbocycles. The Morgan fingerprint density at radius 3 is 1.30 bits per heavy atom. The van der Waals surface area contributed by atoms with Crippen LogP contribution in [0.1, 0.15) is 73.1 Å². The lowest BCUT2D eigenvalue weighted by atomic mass is 9.78. The summed E-state index contributed by atoms with van der Waals surface area (Å²) in [6.07, 6.45) is 3.37. The van der Waals surface area contributed by atoms with Gasteiger partial charge in [-0.05, 0) is 25.0 Å². The molecule has 0 heterocycles. The summed E-state index contributed by atoms with van der Waals surface area (Å²) in [6.45, 7) is 3.85. The third kappa shape index (κ3) is 7.08. The monoisotopic (exact) mass is 382 g/mol. The molecule has 4 N–H and O–H groups in total. The second-order valence-corrected chi connectivity index (χ2v) is 6.06. The third-order valence-electron chi connectivity index (χ3n) is 4.12. The van der Waals surface area contributed by atoms with E-state index in [1.165, 1.54) is 24.3 Å². The molecular formula is C19H26O8. The van der Waals surface area contributed by atoms with Gasteiger partial charge in [0.05, 0.1) is 11.1 Å². The molecule has 8 nitrogen and oxygen atoms in total. The molecule has 1 rings (SSSR count). The van der Waals surface area contributed by atoms with Crippen LogP contribution in [0.2, 0.25) is 0 Å². The molecule has 0 aromatic heterocycles. The Bertz CT molecular complexity index is 608. The highest BCUT2D eigenvalue weighted by Gasteiger charge is 2.44. The molecule has 0 unspecified atom stereocenters. The van der Waals surface area contributed by atoms with E-state index in [2.05, 4.69) is 0 Å². The molecule has 0 aliphatic rings. The fraction of sp³-hybridized carbons (Fsp3) is 0.474. The van der Waals surface area contributed by atoms with Crippen molar-refractivity contribution in [3.05, 3.63) is 35.4 Å². The number of rotatable bonds is 10. The number of aliphatic carboxylic acids is 2. The highest BCUT2D eigenvalue weighted by atomic mass is 16.4. The summed E-state index contributed by atoms with van der Waals surface area (Å²) in [7, 11) is 0. The SMILES string of the molecule is CCCCC(CCCC)(C(=O)O)C(=O)O.O=C(O)c1ccccc1C(=O)O. The van der Waals surface area contributed by atoms with Gasteiger partial charge in [0.2, 0.25) is 0 Å². The minimum absolute atomic E-state index is 0.190. The van der Waals surface area contributed by atoms with Crippen molar-refractivity contribution in [2.24, 2.45) is 5.41 Å². The largest absolute Gasteiger partial charge is 0.480 e. The third-order valence-corrected chi connectivity index (χ3v) is 4.12. The van der Waals surface area contributed by atoms with Crippen LogP contribution in [0.5, 0.6) is 0 Å². The van der Waals surface area contributed by atoms with E-state index in [0.29, 0.717) is 12.8 Å². The van der Waals surface area contributed by atoms with Gasteiger partial charge in [-0.3, -0.25) is 9.59 Å². The lowest BCUT2D eigenvalue weighted by molar-refractivity contribution is -0.166. The number of benzene rings is 1. The van der Waals surface area contributed by atoms with Gasteiger partial charge in [-0.1, -0.05) is 51.7 Å². The minimum atomic E-state index is -1.56. The summed E-state index contributed by atoms with van der Waals surface area (Å²) >= 11 is 0. The Kier molecular flexibility index (Phi) is 10.4. The van der Waals surface area contributed by atoms with Gasteiger partial charge in [0.1, 0.15) is 0 Å². The Morgan fingerprint density at radius 1 is 0.741 bits per heavy atom. The Labute approximate surface area is 157 Å². The van der Waals surface area contributed by atoms with E-state index >= 15 is 0 Å². The number of hydrogen-bond donors (Lipinski definition) is 4. The van der Waals surface area contributed by atoms with Crippen molar-refractivity contribution in [1.82, 2.24) is 0 Å². The topological polar surface area (TPSA) is 149 Å². The molecule has 150 valence electrons. The van der Waals surface area contributed by atoms with E-state index < -0.39 is 29.3 Å². The summed E-state index contributed by atoms with van der Waals surface area (Å²) in [5, 5.41) is 35.2. The summed E-state index contributed by atoms with van der Waals surface area (Å²) in [4.78, 5) is 43.1. The molecule has 0 saturated heterocycles. The van der Waals surface area contributed by atoms with E-state index in [4.69, 9.17) is 20.4 Å². The lowest BCUT2D eigenvalue weighted by Gasteiger charge is -2.24. The zero-order chi connectivity index (χ0) is 21.0. The highest BCUT2D eigenvalue weighted by molar-refractivity contribution is 6.01. The van der Waals surface area contributed by atoms with E-state index in [1.807, 2.05) is 13.8 Å². The first-order valence-corrected chi connectivity index (χ1v) is 8.66. The first-order chi connectivity index (χ1) is 12.6. The summed E-state index contributed by atoms with van der Waals surface area (Å²) in [5.74, 6) is -4.85. The van der Waals surface area contributed by atoms with Crippen molar-refractivity contribution in [3.63, 3.8) is 0 Å². The van der Waals surface area contributed by atoms with Crippen molar-refractivity contribution in [2.45, 2.75) is 52.4 Å². The number of carboxylic acids is 4. The maximum Gasteiger partial charge on any atom is 0.336 e. The molecule has 0 aliphatic heterocycles. The highest BCUT2D eigenvalue weighted by Crippen LogP contribution is 2.32. The predicted molar refractivity (Wildman–Crippen MR) is 97.1 cm³/mol. The first-order valence-electron chi connectivity index (χ1n) is 8.66. The van der Waals surface area contributed by atoms with E-state index in [-0.39, 0.29) is 24.0 Å². The van der Waals surface area contributed by atoms with Crippen molar-refractivity contribution in [3.8, 4) is 0 Å². The first kappa shape index (κ1) is 24.1. The molecule has 1 aromatic rings. The smallest absolute Gasteiger partial charge is 0.336 e. The second kappa shape index (κ2) is 11.7. The fourth-order valence-corrected chi connectivity index (χ4v) is 2.46. The summed E-state index contributed by atoms with van der Waals surface area (Å²) in [5.41, 5.74) is -1.94. The van der Waals surface area contributed by atoms with Crippen molar-refractivity contribution in [1.29, 1.82) is 0 Å². The second-order valence-electron chi connectivity index (χ2n) is 6.06. The van der Waals surface area contributed by atoms with Crippen molar-refractivity contribution >= 4 is 23.9 Å². The fourth-order valence-electron chi connectivity index (χ4n) is 2.46. The molecule has 0 atom stereocenters.